The van der Waals surface area contributed by atoms with E-state index >= 15 is 0 Å². The van der Waals surface area contributed by atoms with Gasteiger partial charge in [0.1, 0.15) is 24.7 Å². The molecule has 0 radical (unpaired) electrons. The molecule has 57 heavy (non-hydrogen) atoms. The first-order chi connectivity index (χ1) is 27.7. The quantitative estimate of drug-likeness (QED) is 0.110. The Morgan fingerprint density at radius 1 is 0.649 bits per heavy atom. The van der Waals surface area contributed by atoms with Gasteiger partial charge in [-0.2, -0.15) is 17.0 Å². The third-order valence-corrected chi connectivity index (χ3v) is 13.9. The van der Waals surface area contributed by atoms with E-state index in [-0.39, 0.29) is 38.1 Å². The monoisotopic (exact) mass is 807 g/mol. The molecule has 296 valence electrons. The Morgan fingerprint density at radius 2 is 1.11 bits per heavy atom. The number of rotatable bonds is 13. The van der Waals surface area contributed by atoms with Gasteiger partial charge in [0.05, 0.1) is 31.6 Å². The minimum Gasteiger partial charge on any atom is -0.497 e. The Bertz CT molecular complexity index is 2110. The number of benzene rings is 5. The maximum atomic E-state index is 14.1. The largest absolute Gasteiger partial charge is 0.497 e. The smallest absolute Gasteiger partial charge is 0.424 e. The summed E-state index contributed by atoms with van der Waals surface area (Å²) in [4.78, 5) is 28.9. The van der Waals surface area contributed by atoms with Gasteiger partial charge in [0.15, 0.2) is 0 Å². The molecule has 0 aliphatic carbocycles. The zero-order valence-corrected chi connectivity index (χ0v) is 33.4. The molecule has 2 saturated heterocycles. The van der Waals surface area contributed by atoms with Crippen molar-refractivity contribution in [2.24, 2.45) is 0 Å². The molecule has 7 rings (SSSR count). The van der Waals surface area contributed by atoms with Gasteiger partial charge in [-0.15, -0.1) is 11.8 Å². The van der Waals surface area contributed by atoms with Crippen LogP contribution in [0, 0.1) is 0 Å². The molecule has 0 N–H and O–H groups in total. The molecule has 0 aromatic heterocycles. The van der Waals surface area contributed by atoms with Crippen molar-refractivity contribution in [1.82, 2.24) is 13.5 Å². The molecule has 2 heterocycles. The maximum absolute atomic E-state index is 14.1. The molecular formula is C44H45N3O8S2. The maximum Gasteiger partial charge on any atom is 0.424 e. The van der Waals surface area contributed by atoms with Crippen molar-refractivity contribution in [3.8, 4) is 11.5 Å². The highest BCUT2D eigenvalue weighted by Gasteiger charge is 2.48. The summed E-state index contributed by atoms with van der Waals surface area (Å²) in [6.45, 7) is 0.208. The number of nitrogens with zero attached hydrogens (tertiary/aromatic N) is 3. The van der Waals surface area contributed by atoms with Crippen LogP contribution in [0.3, 0.4) is 0 Å². The van der Waals surface area contributed by atoms with E-state index in [0.29, 0.717) is 30.0 Å². The number of amides is 2. The molecule has 2 aliphatic heterocycles. The van der Waals surface area contributed by atoms with Crippen LogP contribution >= 0.6 is 11.8 Å². The first-order valence-electron chi connectivity index (χ1n) is 18.7. The minimum absolute atomic E-state index is 0.0195. The van der Waals surface area contributed by atoms with Crippen LogP contribution in [0.5, 0.6) is 11.5 Å². The fourth-order valence-corrected chi connectivity index (χ4v) is 10.8. The third-order valence-electron chi connectivity index (χ3n) is 10.3. The number of methoxy groups -OCH3 is 2. The zero-order valence-electron chi connectivity index (χ0n) is 31.8. The summed E-state index contributed by atoms with van der Waals surface area (Å²) in [5, 5.41) is -0.139. The molecule has 0 bridgehead atoms. The Morgan fingerprint density at radius 3 is 1.56 bits per heavy atom. The van der Waals surface area contributed by atoms with Gasteiger partial charge in [-0.3, -0.25) is 0 Å². The lowest BCUT2D eigenvalue weighted by atomic mass is 9.84. The van der Waals surface area contributed by atoms with Crippen LogP contribution in [-0.2, 0) is 37.6 Å². The summed E-state index contributed by atoms with van der Waals surface area (Å²) in [5.74, 6) is 1.34. The molecule has 2 fully saturated rings. The zero-order chi connectivity index (χ0) is 39.8. The van der Waals surface area contributed by atoms with Gasteiger partial charge in [-0.25, -0.2) is 9.59 Å². The fraction of sp³-hybridized carbons (Fsp3) is 0.273. The molecule has 11 nitrogen and oxygen atoms in total. The average Bonchev–Trinajstić information content (AvgIpc) is 3.80. The van der Waals surface area contributed by atoms with Crippen molar-refractivity contribution in [2.45, 2.75) is 35.7 Å². The number of carbonyl (C=O) groups excluding carboxylic acids is 2. The second kappa shape index (κ2) is 17.7. The van der Waals surface area contributed by atoms with Crippen molar-refractivity contribution in [3.05, 3.63) is 167 Å². The molecule has 13 heteroatoms. The first-order valence-corrected chi connectivity index (χ1v) is 21.0. The summed E-state index contributed by atoms with van der Waals surface area (Å²) in [5.41, 5.74) is 4.71. The van der Waals surface area contributed by atoms with Crippen molar-refractivity contribution < 1.29 is 37.0 Å². The number of hydrogen-bond acceptors (Lipinski definition) is 9. The summed E-state index contributed by atoms with van der Waals surface area (Å²) in [6, 6.07) is 44.6. The van der Waals surface area contributed by atoms with Crippen LogP contribution in [0.4, 0.5) is 9.59 Å². The van der Waals surface area contributed by atoms with Gasteiger partial charge < -0.3 is 23.8 Å². The van der Waals surface area contributed by atoms with Gasteiger partial charge in [0.25, 0.3) is 0 Å². The Labute approximate surface area is 338 Å². The van der Waals surface area contributed by atoms with E-state index in [9.17, 15) is 18.0 Å². The van der Waals surface area contributed by atoms with Gasteiger partial charge in [0, 0.05) is 24.9 Å². The lowest BCUT2D eigenvalue weighted by molar-refractivity contribution is 0.0892. The molecule has 2 amide bonds. The molecule has 2 aliphatic rings. The lowest BCUT2D eigenvalue weighted by Crippen LogP contribution is -2.45. The first kappa shape index (κ1) is 39.7. The van der Waals surface area contributed by atoms with E-state index in [0.717, 1.165) is 26.6 Å². The van der Waals surface area contributed by atoms with E-state index in [1.54, 1.807) is 67.3 Å². The van der Waals surface area contributed by atoms with Gasteiger partial charge in [-0.1, -0.05) is 115 Å². The molecule has 0 saturated carbocycles. The van der Waals surface area contributed by atoms with Crippen LogP contribution in [0.25, 0.3) is 0 Å². The SMILES string of the molecule is COc1ccc(COC(=O)N2C[C@@H](SC(c3ccccc3)(c3ccccc3)c3ccccc3)C[C@H]2CN2CCN(C(=O)OCc3ccc(OC)cc3)S2(=O)=O)cc1. The average molecular weight is 808 g/mol. The molecule has 5 aromatic carbocycles. The van der Waals surface area contributed by atoms with E-state index in [2.05, 4.69) is 36.4 Å². The molecule has 0 spiro atoms. The standard InChI is InChI=1S/C44H45N3O8S2/c1-52-39-22-18-33(19-23-39)31-54-42(48)46-30-41(56-44(35-12-6-3-7-13-35,36-14-8-4-9-15-36)37-16-10-5-11-17-37)28-38(46)29-45-26-27-47(57(45,50)51)43(49)55-32-34-20-24-40(53-2)25-21-34/h3-25,38,41H,26-32H2,1-2H3/t38-,41-/m0/s1. The Kier molecular flexibility index (Phi) is 12.4. The van der Waals surface area contributed by atoms with Crippen LogP contribution in [-0.4, -0.2) is 85.8 Å². The van der Waals surface area contributed by atoms with E-state index in [1.165, 1.54) is 4.31 Å². The van der Waals surface area contributed by atoms with E-state index in [4.69, 9.17) is 18.9 Å². The minimum atomic E-state index is -4.25. The van der Waals surface area contributed by atoms with Gasteiger partial charge >= 0.3 is 22.4 Å². The third kappa shape index (κ3) is 8.75. The topological polar surface area (TPSA) is 115 Å². The van der Waals surface area contributed by atoms with E-state index in [1.807, 2.05) is 66.7 Å². The van der Waals surface area contributed by atoms with Crippen LogP contribution in [0.2, 0.25) is 0 Å². The second-order valence-electron chi connectivity index (χ2n) is 13.8. The fourth-order valence-electron chi connectivity index (χ4n) is 7.40. The van der Waals surface area contributed by atoms with Crippen molar-refractivity contribution >= 4 is 34.2 Å². The molecule has 5 aromatic rings. The number of hydrogen-bond donors (Lipinski definition) is 0. The number of thioether (sulfide) groups is 1. The van der Waals surface area contributed by atoms with Gasteiger partial charge in [-0.05, 0) is 58.5 Å². The summed E-state index contributed by atoms with van der Waals surface area (Å²) in [7, 11) is -1.10. The summed E-state index contributed by atoms with van der Waals surface area (Å²) >= 11 is 1.75. The highest BCUT2D eigenvalue weighted by atomic mass is 32.2. The Balaban J connectivity index is 1.15. The van der Waals surface area contributed by atoms with Crippen LogP contribution in [0.1, 0.15) is 34.2 Å². The van der Waals surface area contributed by atoms with Crippen molar-refractivity contribution in [1.29, 1.82) is 0 Å². The predicted molar refractivity (Wildman–Crippen MR) is 219 cm³/mol. The lowest BCUT2D eigenvalue weighted by Gasteiger charge is -2.37. The van der Waals surface area contributed by atoms with E-state index < -0.39 is 33.2 Å². The summed E-state index contributed by atoms with van der Waals surface area (Å²) in [6.07, 6.45) is -1.02. The molecular weight excluding hydrogens is 763 g/mol. The number of ether oxygens (including phenoxy) is 4. The normalized spacial score (nSPS) is 17.9. The Hall–Kier alpha value is -5.50. The summed E-state index contributed by atoms with van der Waals surface area (Å²) < 4.78 is 51.0. The number of carbonyl (C=O) groups is 2. The predicted octanol–water partition coefficient (Wildman–Crippen LogP) is 7.71. The second-order valence-corrected chi connectivity index (χ2v) is 17.2. The highest BCUT2D eigenvalue weighted by molar-refractivity contribution is 8.01. The van der Waals surface area contributed by atoms with Crippen LogP contribution < -0.4 is 9.47 Å². The van der Waals surface area contributed by atoms with Crippen molar-refractivity contribution in [3.63, 3.8) is 0 Å². The molecule has 2 atom stereocenters. The van der Waals surface area contributed by atoms with Crippen LogP contribution in [0.15, 0.2) is 140 Å². The van der Waals surface area contributed by atoms with Gasteiger partial charge in [0.2, 0.25) is 0 Å². The highest BCUT2D eigenvalue weighted by Crippen LogP contribution is 2.52. The molecule has 0 unspecified atom stereocenters. The number of likely N-dealkylation sites (tertiary alicyclic amines) is 1. The van der Waals surface area contributed by atoms with Crippen molar-refractivity contribution in [2.75, 3.05) is 40.4 Å².